The van der Waals surface area contributed by atoms with E-state index in [4.69, 9.17) is 47.9 Å². The first-order valence-corrected chi connectivity index (χ1v) is 26.0. The minimum atomic E-state index is -1.66. The number of aliphatic hydroxyl groups excluding tert-OH is 2. The van der Waals surface area contributed by atoms with Crippen molar-refractivity contribution in [1.29, 1.82) is 0 Å². The number of benzene rings is 4. The summed E-state index contributed by atoms with van der Waals surface area (Å²) in [6.45, 7) is 4.94. The van der Waals surface area contributed by atoms with E-state index in [-0.39, 0.29) is 63.6 Å². The predicted molar refractivity (Wildman–Crippen MR) is 278 cm³/mol. The average Bonchev–Trinajstić information content (AvgIpc) is 3.46. The maximum absolute atomic E-state index is 15.1. The summed E-state index contributed by atoms with van der Waals surface area (Å²) < 4.78 is 64.0. The van der Waals surface area contributed by atoms with Gasteiger partial charge in [-0.3, -0.25) is 10.2 Å². The molecule has 4 aromatic rings. The van der Waals surface area contributed by atoms with Gasteiger partial charge in [0, 0.05) is 50.1 Å². The second-order valence-electron chi connectivity index (χ2n) is 19.2. The van der Waals surface area contributed by atoms with Crippen LogP contribution >= 0.6 is 0 Å². The number of carbonyl (C=O) groups excluding carboxylic acids is 2. The first-order valence-electron chi connectivity index (χ1n) is 26.0. The number of halogens is 1. The van der Waals surface area contributed by atoms with Crippen molar-refractivity contribution in [3.8, 4) is 23.0 Å². The van der Waals surface area contributed by atoms with Crippen LogP contribution in [-0.2, 0) is 36.9 Å². The SMILES string of the molecule is C=CCO[C@@]12Oc3ccc(OC(=O)Nc4ccc(OC)cc4OC)cc3[C@H]3[C@H](CCCCO)[C@@H](CCCCO)C=C(C(=NOC4CCCCO4)C[C@@H]1N(Cc1ccc(F)cc1)C(=O)OCCOCc1ccccc1)[C@H]32. The molecule has 1 unspecified atom stereocenters. The largest absolute Gasteiger partial charge is 0.497 e. The van der Waals surface area contributed by atoms with Gasteiger partial charge in [0.05, 0.1) is 58.0 Å². The van der Waals surface area contributed by atoms with Crippen LogP contribution in [0.3, 0.4) is 0 Å². The smallest absolute Gasteiger partial charge is 0.417 e. The third-order valence-electron chi connectivity index (χ3n) is 14.4. The van der Waals surface area contributed by atoms with Gasteiger partial charge in [-0.05, 0) is 110 Å². The number of aliphatic hydroxyl groups is 2. The molecule has 1 saturated carbocycles. The molecule has 4 aliphatic rings. The quantitative estimate of drug-likeness (QED) is 0.0324. The molecule has 17 heteroatoms. The minimum absolute atomic E-state index is 0.00640. The highest BCUT2D eigenvalue weighted by molar-refractivity contribution is 6.03. The summed E-state index contributed by atoms with van der Waals surface area (Å²) in [6, 6.07) is 24.9. The van der Waals surface area contributed by atoms with E-state index >= 15 is 4.79 Å². The number of nitrogens with zero attached hydrogens (tertiary/aromatic N) is 2. The van der Waals surface area contributed by atoms with Crippen molar-refractivity contribution < 1.29 is 66.9 Å². The molecule has 2 amide bonds. The van der Waals surface area contributed by atoms with Gasteiger partial charge in [0.1, 0.15) is 41.5 Å². The highest BCUT2D eigenvalue weighted by atomic mass is 19.1. The van der Waals surface area contributed by atoms with E-state index in [0.717, 1.165) is 36.0 Å². The molecule has 8 rings (SSSR count). The first kappa shape index (κ1) is 54.8. The van der Waals surface area contributed by atoms with Crippen molar-refractivity contribution in [2.24, 2.45) is 22.9 Å². The summed E-state index contributed by atoms with van der Waals surface area (Å²) in [5.74, 6) is -1.85. The second kappa shape index (κ2) is 26.8. The molecule has 2 heterocycles. The molecule has 1 saturated heterocycles. The molecule has 0 radical (unpaired) electrons. The van der Waals surface area contributed by atoms with Crippen LogP contribution in [0.1, 0.15) is 86.8 Å². The van der Waals surface area contributed by atoms with E-state index in [9.17, 15) is 19.4 Å². The monoisotopic (exact) mass is 1040 g/mol. The Bertz CT molecular complexity index is 2570. The van der Waals surface area contributed by atoms with E-state index in [2.05, 4.69) is 18.0 Å². The molecule has 3 N–H and O–H groups in total. The molecule has 7 atom stereocenters. The fourth-order valence-electron chi connectivity index (χ4n) is 10.9. The molecule has 16 nitrogen and oxygen atoms in total. The Balaban J connectivity index is 1.26. The number of nitrogens with one attached hydrogen (secondary N) is 1. The summed E-state index contributed by atoms with van der Waals surface area (Å²) in [5, 5.41) is 27.9. The van der Waals surface area contributed by atoms with Gasteiger partial charge in [-0.2, -0.15) is 0 Å². The zero-order valence-corrected chi connectivity index (χ0v) is 42.9. The standard InChI is InChI=1S/C58H70FN3O13/c1-4-29-72-58-52(62(37-39-19-21-42(59)22-20-39)57(66)71-32-31-69-38-40-14-6-5-7-15-40)36-49(61-75-53-18-10-13-30-70-53)46-33-41(16-8-11-27-63)45(17-9-12-28-64)54(55(46)58)47-34-44(24-26-50(47)74-58)73-56(65)60-48-25-23-43(67-2)35-51(48)68-3/h4-7,14-15,19-26,33-35,41,45,52-55,63-64H,1,8-13,16-18,27-32,36-38H2,2-3H3,(H,60,65)/t41-,45+,52-,53?,54+,55+,58+/m0/s1. The molecule has 0 aromatic heterocycles. The van der Waals surface area contributed by atoms with Crippen molar-refractivity contribution in [3.05, 3.63) is 138 Å². The Morgan fingerprint density at radius 1 is 0.907 bits per heavy atom. The zero-order chi connectivity index (χ0) is 52.6. The number of hydrogen-bond acceptors (Lipinski definition) is 14. The van der Waals surface area contributed by atoms with Gasteiger partial charge < -0.3 is 52.9 Å². The van der Waals surface area contributed by atoms with Crippen LogP contribution in [0.15, 0.2) is 120 Å². The third kappa shape index (κ3) is 13.5. The molecule has 75 heavy (non-hydrogen) atoms. The molecular formula is C58H70FN3O13. The number of oxime groups is 1. The van der Waals surface area contributed by atoms with Crippen molar-refractivity contribution >= 4 is 23.6 Å². The summed E-state index contributed by atoms with van der Waals surface area (Å²) in [6.07, 6.45) is 8.30. The highest BCUT2D eigenvalue weighted by Gasteiger charge is 2.66. The molecule has 2 aliphatic heterocycles. The number of anilines is 1. The maximum atomic E-state index is 15.1. The fraction of sp³-hybridized carbons (Fsp3) is 0.466. The van der Waals surface area contributed by atoms with E-state index in [0.29, 0.717) is 85.9 Å². The topological polar surface area (TPSA) is 185 Å². The Hall–Kier alpha value is -6.50. The number of amides is 2. The molecular weight excluding hydrogens is 966 g/mol. The number of methoxy groups -OCH3 is 2. The van der Waals surface area contributed by atoms with Crippen molar-refractivity contribution in [1.82, 2.24) is 4.90 Å². The van der Waals surface area contributed by atoms with Gasteiger partial charge in [-0.1, -0.05) is 72.6 Å². The van der Waals surface area contributed by atoms with Crippen molar-refractivity contribution in [2.75, 3.05) is 59.2 Å². The highest BCUT2D eigenvalue weighted by Crippen LogP contribution is 2.62. The summed E-state index contributed by atoms with van der Waals surface area (Å²) in [5.41, 5.74) is 4.05. The number of rotatable bonds is 25. The molecule has 2 fully saturated rings. The van der Waals surface area contributed by atoms with E-state index in [1.807, 2.05) is 36.4 Å². The van der Waals surface area contributed by atoms with Gasteiger partial charge in [0.15, 0.2) is 0 Å². The molecule has 4 aromatic carbocycles. The van der Waals surface area contributed by atoms with Crippen LogP contribution in [0.2, 0.25) is 0 Å². The van der Waals surface area contributed by atoms with Crippen molar-refractivity contribution in [3.63, 3.8) is 0 Å². The van der Waals surface area contributed by atoms with Crippen molar-refractivity contribution in [2.45, 2.75) is 101 Å². The normalized spacial score (nSPS) is 23.1. The lowest BCUT2D eigenvalue weighted by molar-refractivity contribution is -0.256. The zero-order valence-electron chi connectivity index (χ0n) is 42.9. The van der Waals surface area contributed by atoms with E-state index in [1.54, 1.807) is 53.4 Å². The number of allylic oxidation sites excluding steroid dienone is 1. The maximum Gasteiger partial charge on any atom is 0.417 e. The molecule has 402 valence electrons. The Morgan fingerprint density at radius 3 is 2.43 bits per heavy atom. The van der Waals surface area contributed by atoms with E-state index < -0.39 is 48.0 Å². The number of carbonyl (C=O) groups is 2. The number of ether oxygens (including phenoxy) is 8. The second-order valence-corrected chi connectivity index (χ2v) is 19.2. The third-order valence-corrected chi connectivity index (χ3v) is 14.4. The molecule has 0 bridgehead atoms. The summed E-state index contributed by atoms with van der Waals surface area (Å²) in [4.78, 5) is 36.7. The van der Waals surface area contributed by atoms with Gasteiger partial charge >= 0.3 is 12.2 Å². The number of unbranched alkanes of at least 4 members (excludes halogenated alkanes) is 2. The van der Waals surface area contributed by atoms with Gasteiger partial charge in [-0.25, -0.2) is 14.0 Å². The lowest BCUT2D eigenvalue weighted by atomic mass is 9.55. The van der Waals surface area contributed by atoms with Crippen LogP contribution in [0.25, 0.3) is 0 Å². The summed E-state index contributed by atoms with van der Waals surface area (Å²) in [7, 11) is 3.03. The lowest BCUT2D eigenvalue weighted by Crippen LogP contribution is -2.70. The van der Waals surface area contributed by atoms with Gasteiger partial charge in [0.2, 0.25) is 12.1 Å². The Morgan fingerprint density at radius 2 is 1.69 bits per heavy atom. The van der Waals surface area contributed by atoms with Crippen LogP contribution in [0.4, 0.5) is 19.7 Å². The fourth-order valence-corrected chi connectivity index (χ4v) is 10.9. The average molecular weight is 1040 g/mol. The van der Waals surface area contributed by atoms with Crippen LogP contribution in [0.5, 0.6) is 23.0 Å². The van der Waals surface area contributed by atoms with Crippen LogP contribution in [0, 0.1) is 23.6 Å². The lowest BCUT2D eigenvalue weighted by Gasteiger charge is -2.59. The van der Waals surface area contributed by atoms with Crippen LogP contribution < -0.4 is 24.3 Å². The van der Waals surface area contributed by atoms with Crippen LogP contribution in [-0.4, -0.2) is 105 Å². The minimum Gasteiger partial charge on any atom is -0.497 e. The molecule has 2 aliphatic carbocycles. The summed E-state index contributed by atoms with van der Waals surface area (Å²) >= 11 is 0. The van der Waals surface area contributed by atoms with Gasteiger partial charge in [-0.15, -0.1) is 6.58 Å². The first-order chi connectivity index (χ1) is 36.7. The number of hydrogen-bond donors (Lipinski definition) is 3. The Labute approximate surface area is 438 Å². The number of fused-ring (bicyclic) bond motifs is 2. The predicted octanol–water partition coefficient (Wildman–Crippen LogP) is 10.5. The molecule has 0 spiro atoms. The van der Waals surface area contributed by atoms with Gasteiger partial charge in [0.25, 0.3) is 0 Å². The van der Waals surface area contributed by atoms with E-state index in [1.165, 1.54) is 26.4 Å². The Kier molecular flexibility index (Phi) is 19.6.